The van der Waals surface area contributed by atoms with Crippen LogP contribution in [0.4, 0.5) is 0 Å². The highest BCUT2D eigenvalue weighted by Gasteiger charge is 2.54. The van der Waals surface area contributed by atoms with Gasteiger partial charge in [-0.25, -0.2) is 0 Å². The number of alkyl halides is 1. The summed E-state index contributed by atoms with van der Waals surface area (Å²) in [6, 6.07) is 8.78. The number of halogens is 1. The van der Waals surface area contributed by atoms with E-state index in [0.717, 1.165) is 17.8 Å². The van der Waals surface area contributed by atoms with Gasteiger partial charge in [0.1, 0.15) is 0 Å². The van der Waals surface area contributed by atoms with E-state index < -0.39 is 0 Å². The van der Waals surface area contributed by atoms with E-state index in [-0.39, 0.29) is 5.38 Å². The minimum Gasteiger partial charge on any atom is -0.143 e. The first-order valence-corrected chi connectivity index (χ1v) is 9.65. The standard InChI is InChI=1S/C19H21ClS/c20-18(16-11-21-17-4-2-1-3-15(16)17)19-8-12-5-13(9-19)7-14(6-12)10-19/h1-4,11-14,18H,5-10H2. The smallest absolute Gasteiger partial charge is 0.0656 e. The molecule has 4 aliphatic rings. The van der Waals surface area contributed by atoms with Crippen molar-refractivity contribution in [3.8, 4) is 0 Å². The van der Waals surface area contributed by atoms with Crippen LogP contribution < -0.4 is 0 Å². The van der Waals surface area contributed by atoms with Crippen molar-refractivity contribution in [1.82, 2.24) is 0 Å². The zero-order chi connectivity index (χ0) is 14.0. The van der Waals surface area contributed by atoms with Crippen LogP contribution in [0.3, 0.4) is 0 Å². The van der Waals surface area contributed by atoms with Crippen molar-refractivity contribution in [2.75, 3.05) is 0 Å². The Kier molecular flexibility index (Phi) is 2.77. The van der Waals surface area contributed by atoms with Gasteiger partial charge in [0.25, 0.3) is 0 Å². The highest BCUT2D eigenvalue weighted by Crippen LogP contribution is 2.66. The summed E-state index contributed by atoms with van der Waals surface area (Å²) in [6.07, 6.45) is 8.64. The van der Waals surface area contributed by atoms with Gasteiger partial charge in [-0.1, -0.05) is 18.2 Å². The highest BCUT2D eigenvalue weighted by atomic mass is 35.5. The van der Waals surface area contributed by atoms with Gasteiger partial charge < -0.3 is 0 Å². The highest BCUT2D eigenvalue weighted by molar-refractivity contribution is 7.17. The molecule has 1 heterocycles. The van der Waals surface area contributed by atoms with E-state index in [1.165, 1.54) is 54.2 Å². The molecule has 2 aromatic rings. The summed E-state index contributed by atoms with van der Waals surface area (Å²) < 4.78 is 1.39. The second-order valence-electron chi connectivity index (χ2n) is 7.83. The summed E-state index contributed by atoms with van der Waals surface area (Å²) in [5, 5.41) is 3.96. The monoisotopic (exact) mass is 316 g/mol. The van der Waals surface area contributed by atoms with Crippen molar-refractivity contribution in [3.05, 3.63) is 35.2 Å². The van der Waals surface area contributed by atoms with Crippen molar-refractivity contribution >= 4 is 33.0 Å². The summed E-state index contributed by atoms with van der Waals surface area (Å²) in [6.45, 7) is 0. The van der Waals surface area contributed by atoms with Crippen LogP contribution in [0.2, 0.25) is 0 Å². The van der Waals surface area contributed by atoms with Gasteiger partial charge in [-0.05, 0) is 84.1 Å². The Labute approximate surface area is 135 Å². The Balaban J connectivity index is 1.57. The van der Waals surface area contributed by atoms with Gasteiger partial charge in [-0.3, -0.25) is 0 Å². The molecule has 6 rings (SSSR count). The first kappa shape index (κ1) is 13.0. The molecule has 21 heavy (non-hydrogen) atoms. The van der Waals surface area contributed by atoms with Crippen LogP contribution >= 0.6 is 22.9 Å². The Morgan fingerprint density at radius 1 is 1.00 bits per heavy atom. The molecule has 1 aromatic heterocycles. The third kappa shape index (κ3) is 1.86. The Morgan fingerprint density at radius 3 is 2.29 bits per heavy atom. The fraction of sp³-hybridized carbons (Fsp3) is 0.579. The van der Waals surface area contributed by atoms with Gasteiger partial charge in [0.15, 0.2) is 0 Å². The van der Waals surface area contributed by atoms with Gasteiger partial charge in [0, 0.05) is 4.70 Å². The molecule has 0 saturated heterocycles. The maximum absolute atomic E-state index is 7.15. The summed E-state index contributed by atoms with van der Waals surface area (Å²) >= 11 is 9.02. The van der Waals surface area contributed by atoms with E-state index in [9.17, 15) is 0 Å². The zero-order valence-corrected chi connectivity index (χ0v) is 13.8. The fourth-order valence-corrected chi connectivity index (χ4v) is 7.52. The summed E-state index contributed by atoms with van der Waals surface area (Å²) in [5.41, 5.74) is 1.82. The van der Waals surface area contributed by atoms with Crippen molar-refractivity contribution in [3.63, 3.8) is 0 Å². The molecule has 0 radical (unpaired) electrons. The Bertz CT molecular complexity index is 650. The lowest BCUT2D eigenvalue weighted by molar-refractivity contribution is -0.0549. The van der Waals surface area contributed by atoms with E-state index in [0.29, 0.717) is 5.41 Å². The van der Waals surface area contributed by atoms with Crippen LogP contribution in [0.15, 0.2) is 29.6 Å². The number of fused-ring (bicyclic) bond motifs is 1. The van der Waals surface area contributed by atoms with Crippen molar-refractivity contribution in [1.29, 1.82) is 0 Å². The molecule has 1 atom stereocenters. The van der Waals surface area contributed by atoms with Gasteiger partial charge in [-0.2, -0.15) is 0 Å². The van der Waals surface area contributed by atoms with Crippen LogP contribution in [-0.2, 0) is 0 Å². The normalized spacial score (nSPS) is 39.0. The van der Waals surface area contributed by atoms with Crippen LogP contribution in [0, 0.1) is 23.2 Å². The number of thiophene rings is 1. The van der Waals surface area contributed by atoms with Crippen molar-refractivity contribution in [2.45, 2.75) is 43.9 Å². The second-order valence-corrected chi connectivity index (χ2v) is 9.18. The van der Waals surface area contributed by atoms with Gasteiger partial charge in [0.05, 0.1) is 5.38 Å². The molecule has 1 aromatic carbocycles. The summed E-state index contributed by atoms with van der Waals surface area (Å²) in [7, 11) is 0. The summed E-state index contributed by atoms with van der Waals surface area (Å²) in [5.74, 6) is 2.92. The molecule has 2 heteroatoms. The minimum absolute atomic E-state index is 0.224. The Hall–Kier alpha value is -0.530. The number of hydrogen-bond acceptors (Lipinski definition) is 1. The Morgan fingerprint density at radius 2 is 1.62 bits per heavy atom. The number of rotatable bonds is 2. The third-order valence-electron chi connectivity index (χ3n) is 6.41. The third-order valence-corrected chi connectivity index (χ3v) is 8.09. The SMILES string of the molecule is ClC(c1csc2ccccc12)C12CC3CC(CC(C3)C1)C2. The lowest BCUT2D eigenvalue weighted by Crippen LogP contribution is -2.47. The average molecular weight is 317 g/mol. The van der Waals surface area contributed by atoms with E-state index >= 15 is 0 Å². The van der Waals surface area contributed by atoms with Gasteiger partial charge in [0.2, 0.25) is 0 Å². The molecular formula is C19H21ClS. The predicted octanol–water partition coefficient (Wildman–Crippen LogP) is 6.40. The summed E-state index contributed by atoms with van der Waals surface area (Å²) in [4.78, 5) is 0. The van der Waals surface area contributed by atoms with Crippen LogP contribution in [0.5, 0.6) is 0 Å². The topological polar surface area (TPSA) is 0 Å². The molecule has 110 valence electrons. The van der Waals surface area contributed by atoms with Crippen molar-refractivity contribution < 1.29 is 0 Å². The number of hydrogen-bond donors (Lipinski definition) is 0. The largest absolute Gasteiger partial charge is 0.143 e. The van der Waals surface area contributed by atoms with Crippen molar-refractivity contribution in [2.24, 2.45) is 23.2 Å². The molecule has 4 fully saturated rings. The lowest BCUT2D eigenvalue weighted by atomic mass is 9.48. The average Bonchev–Trinajstić information content (AvgIpc) is 2.89. The first-order chi connectivity index (χ1) is 10.2. The quantitative estimate of drug-likeness (QED) is 0.562. The maximum Gasteiger partial charge on any atom is 0.0656 e. The number of benzene rings is 1. The molecule has 0 amide bonds. The fourth-order valence-electron chi connectivity index (χ4n) is 6.01. The van der Waals surface area contributed by atoms with Crippen LogP contribution in [0.1, 0.15) is 49.5 Å². The van der Waals surface area contributed by atoms with Gasteiger partial charge >= 0.3 is 0 Å². The molecular weight excluding hydrogens is 296 g/mol. The minimum atomic E-state index is 0.224. The maximum atomic E-state index is 7.15. The lowest BCUT2D eigenvalue weighted by Gasteiger charge is -2.58. The zero-order valence-electron chi connectivity index (χ0n) is 12.2. The van der Waals surface area contributed by atoms with E-state index in [4.69, 9.17) is 11.6 Å². The van der Waals surface area contributed by atoms with E-state index in [1.54, 1.807) is 0 Å². The van der Waals surface area contributed by atoms with Crippen LogP contribution in [0.25, 0.3) is 10.1 Å². The molecule has 0 nitrogen and oxygen atoms in total. The van der Waals surface area contributed by atoms with E-state index in [1.807, 2.05) is 11.3 Å². The second kappa shape index (κ2) is 4.49. The molecule has 0 aliphatic heterocycles. The molecule has 4 saturated carbocycles. The van der Waals surface area contributed by atoms with E-state index in [2.05, 4.69) is 29.6 Å². The molecule has 4 aliphatic carbocycles. The first-order valence-electron chi connectivity index (χ1n) is 8.34. The molecule has 1 unspecified atom stereocenters. The van der Waals surface area contributed by atoms with Gasteiger partial charge in [-0.15, -0.1) is 22.9 Å². The molecule has 0 spiro atoms. The predicted molar refractivity (Wildman–Crippen MR) is 91.0 cm³/mol. The van der Waals surface area contributed by atoms with Crippen LogP contribution in [-0.4, -0.2) is 0 Å². The molecule has 0 N–H and O–H groups in total. The molecule has 4 bridgehead atoms.